The molecule has 20 heteroatoms. The molecule has 2 N–H and O–H groups in total. The molecule has 1 amide bonds. The molecular weight excluding hydrogens is 979 g/mol. The molecule has 0 aliphatic carbocycles. The van der Waals surface area contributed by atoms with E-state index in [4.69, 9.17) is 33.2 Å². The van der Waals surface area contributed by atoms with Crippen molar-refractivity contribution in [2.45, 2.75) is 63.2 Å². The maximum absolute atomic E-state index is 12.8. The van der Waals surface area contributed by atoms with Gasteiger partial charge >= 0.3 is 18.4 Å². The van der Waals surface area contributed by atoms with Crippen LogP contribution < -0.4 is 38.5 Å². The molecule has 0 bridgehead atoms. The number of nitrogens with zero attached hydrogens (tertiary/aromatic N) is 3. The van der Waals surface area contributed by atoms with Crippen LogP contribution in [0.5, 0.6) is 46.0 Å². The van der Waals surface area contributed by atoms with Gasteiger partial charge in [0.2, 0.25) is 19.7 Å². The number of phenolic OH excluding ortho intramolecular Hbond substituents is 1. The average Bonchev–Trinajstić information content (AvgIpc) is 4.06. The van der Waals surface area contributed by atoms with Gasteiger partial charge in [-0.25, -0.2) is 9.59 Å². The number of alkyl halides is 6. The number of anilines is 1. The zero-order chi connectivity index (χ0) is 51.9. The van der Waals surface area contributed by atoms with Crippen LogP contribution in [0.15, 0.2) is 102 Å². The zero-order valence-corrected chi connectivity index (χ0v) is 39.7. The zero-order valence-electron chi connectivity index (χ0n) is 39.7. The molecule has 6 aliphatic heterocycles. The van der Waals surface area contributed by atoms with Gasteiger partial charge in [0, 0.05) is 55.1 Å². The quantitative estimate of drug-likeness (QED) is 0.0961. The number of fused-ring (bicyclic) bond motifs is 10. The summed E-state index contributed by atoms with van der Waals surface area (Å²) in [5.74, 6) is 4.78. The van der Waals surface area contributed by atoms with Crippen molar-refractivity contribution in [3.05, 3.63) is 153 Å². The molecule has 0 radical (unpaired) electrons. The van der Waals surface area contributed by atoms with Gasteiger partial charge in [-0.05, 0) is 138 Å². The van der Waals surface area contributed by atoms with E-state index in [2.05, 4.69) is 50.4 Å². The highest BCUT2D eigenvalue weighted by molar-refractivity contribution is 5.87. The number of carbonyl (C=O) groups is 1. The van der Waals surface area contributed by atoms with Crippen LogP contribution in [0.2, 0.25) is 0 Å². The average molecular weight is 1020 g/mol. The number of isocyanates is 1. The second kappa shape index (κ2) is 20.2. The lowest BCUT2D eigenvalue weighted by Crippen LogP contribution is -2.39. The molecule has 6 heterocycles. The first-order valence-electron chi connectivity index (χ1n) is 23.4. The van der Waals surface area contributed by atoms with Crippen LogP contribution >= 0.6 is 0 Å². The summed E-state index contributed by atoms with van der Waals surface area (Å²) in [5.41, 5.74) is 7.71. The lowest BCUT2D eigenvalue weighted by atomic mass is 9.83. The largest absolute Gasteiger partial charge is 0.504 e. The maximum atomic E-state index is 12.8. The van der Waals surface area contributed by atoms with Gasteiger partial charge in [-0.2, -0.15) is 31.3 Å². The van der Waals surface area contributed by atoms with Gasteiger partial charge in [-0.3, -0.25) is 15.1 Å². The third-order valence-electron chi connectivity index (χ3n) is 13.9. The molecule has 2 unspecified atom stereocenters. The highest BCUT2D eigenvalue weighted by Crippen LogP contribution is 2.49. The molecule has 384 valence electrons. The Hall–Kier alpha value is -7.93. The summed E-state index contributed by atoms with van der Waals surface area (Å²) < 4.78 is 113. The number of amides is 1. The number of nitrogens with one attached hydrogen (secondary N) is 1. The Kier molecular flexibility index (Phi) is 13.5. The number of rotatable bonds is 5. The van der Waals surface area contributed by atoms with Crippen molar-refractivity contribution < 1.29 is 74.2 Å². The van der Waals surface area contributed by atoms with Gasteiger partial charge in [0.1, 0.15) is 0 Å². The van der Waals surface area contributed by atoms with Crippen molar-refractivity contribution in [2.24, 2.45) is 4.99 Å². The summed E-state index contributed by atoms with van der Waals surface area (Å²) in [6.07, 6.45) is -5.07. The predicted octanol–water partition coefficient (Wildman–Crippen LogP) is 11.2. The number of benzene rings is 6. The minimum Gasteiger partial charge on any atom is -0.504 e. The van der Waals surface area contributed by atoms with E-state index in [0.717, 1.165) is 103 Å². The Morgan fingerprint density at radius 3 is 1.73 bits per heavy atom. The summed E-state index contributed by atoms with van der Waals surface area (Å²) in [7, 11) is 3.08. The standard InChI is InChI=1S/C27H23F3N2O5.C19H19NO4.C8H4F3NO/c1-34-22-7-2-15-10-21-19-12-24-23(35-14-36-24)11-16(19)8-9-32(21)13-20(15)25(22)37-26(33)31-18-5-3-17(4-6-18)27(28,29)30;1-22-16-3-2-11-6-15-13-8-18-17(23-10-24-18)7-12(13)4-5-20(15)9-14(11)19(16)21;9-8(10,11)6-2-1-3-7(4-6)12-5-13/h2-7,11-12,21H,8-10,13-14H2,1H3,(H,31,33);2-3,7-8,15,21H,4-6,9-10H2,1H3;1-4H. The van der Waals surface area contributed by atoms with Crippen molar-refractivity contribution in [1.82, 2.24) is 9.80 Å². The number of hydrogen-bond acceptors (Lipinski definition) is 13. The number of methoxy groups -OCH3 is 2. The number of aromatic hydroxyl groups is 1. The van der Waals surface area contributed by atoms with Gasteiger partial charge in [0.05, 0.1) is 31.0 Å². The molecule has 6 aromatic carbocycles. The van der Waals surface area contributed by atoms with Gasteiger partial charge < -0.3 is 38.3 Å². The van der Waals surface area contributed by atoms with Crippen LogP contribution in [0.1, 0.15) is 67.7 Å². The van der Waals surface area contributed by atoms with E-state index in [1.807, 2.05) is 12.1 Å². The Morgan fingerprint density at radius 2 is 1.19 bits per heavy atom. The summed E-state index contributed by atoms with van der Waals surface area (Å²) in [6.45, 7) is 3.64. The van der Waals surface area contributed by atoms with Crippen molar-refractivity contribution in [1.29, 1.82) is 0 Å². The second-order valence-electron chi connectivity index (χ2n) is 18.0. The van der Waals surface area contributed by atoms with Crippen LogP contribution in [0, 0.1) is 0 Å². The van der Waals surface area contributed by atoms with Gasteiger partial charge in [-0.1, -0.05) is 18.2 Å². The molecule has 6 aliphatic rings. The molecule has 12 rings (SSSR count). The molecule has 6 aromatic rings. The van der Waals surface area contributed by atoms with Crippen LogP contribution in [0.25, 0.3) is 0 Å². The SMILES string of the molecule is COc1ccc2c(c1O)CN1CCc3cc4c(cc3C1C2)OCO4.COc1ccc2c(c1OC(=O)Nc1ccc(C(F)(F)F)cc1)CN1CCc3cc4c(cc3C1C2)OCO4.O=C=Nc1cccc(C(F)(F)F)c1. The van der Waals surface area contributed by atoms with E-state index in [0.29, 0.717) is 43.0 Å². The third-order valence-corrected chi connectivity index (χ3v) is 13.9. The summed E-state index contributed by atoms with van der Waals surface area (Å²) >= 11 is 0. The van der Waals surface area contributed by atoms with Crippen molar-refractivity contribution in [2.75, 3.05) is 46.2 Å². The number of halogens is 6. The molecule has 14 nitrogen and oxygen atoms in total. The van der Waals surface area contributed by atoms with E-state index < -0.39 is 29.6 Å². The smallest absolute Gasteiger partial charge is 0.417 e. The molecule has 2 atom stereocenters. The summed E-state index contributed by atoms with van der Waals surface area (Å²) in [6, 6.07) is 24.9. The number of aliphatic imine (C=N–C) groups is 1. The van der Waals surface area contributed by atoms with Gasteiger partial charge in [0.25, 0.3) is 0 Å². The van der Waals surface area contributed by atoms with E-state index >= 15 is 0 Å². The van der Waals surface area contributed by atoms with Crippen molar-refractivity contribution in [3.8, 4) is 46.0 Å². The van der Waals surface area contributed by atoms with Crippen molar-refractivity contribution >= 4 is 23.5 Å². The Bertz CT molecular complexity index is 3180. The molecule has 0 fully saturated rings. The molecule has 0 saturated carbocycles. The van der Waals surface area contributed by atoms with Gasteiger partial charge in [-0.15, -0.1) is 0 Å². The minimum absolute atomic E-state index is 0.0511. The fraction of sp³-hybridized carbons (Fsp3) is 0.296. The topological polar surface area (TPSA) is 150 Å². The normalized spacial score (nSPS) is 17.6. The van der Waals surface area contributed by atoms with Crippen LogP contribution in [0.4, 0.5) is 42.5 Å². The first-order chi connectivity index (χ1) is 35.6. The van der Waals surface area contributed by atoms with E-state index in [1.165, 1.54) is 65.3 Å². The first kappa shape index (κ1) is 49.6. The lowest BCUT2D eigenvalue weighted by molar-refractivity contribution is -0.138. The number of ether oxygens (including phenoxy) is 7. The van der Waals surface area contributed by atoms with Crippen molar-refractivity contribution in [3.63, 3.8) is 0 Å². The fourth-order valence-corrected chi connectivity index (χ4v) is 10.2. The minimum atomic E-state index is -4.46. The molecule has 0 spiro atoms. The van der Waals surface area contributed by atoms with E-state index in [-0.39, 0.29) is 30.0 Å². The summed E-state index contributed by atoms with van der Waals surface area (Å²) in [5, 5.41) is 13.0. The molecule has 0 saturated heterocycles. The lowest BCUT2D eigenvalue weighted by Gasteiger charge is -2.42. The molecular formula is C54H46F6N4O10. The number of phenols is 1. The van der Waals surface area contributed by atoms with Gasteiger partial charge in [0.15, 0.2) is 46.0 Å². The van der Waals surface area contributed by atoms with Crippen LogP contribution in [-0.2, 0) is 55.9 Å². The summed E-state index contributed by atoms with van der Waals surface area (Å²) in [4.78, 5) is 30.3. The molecule has 74 heavy (non-hydrogen) atoms. The van der Waals surface area contributed by atoms with E-state index in [9.17, 15) is 41.0 Å². The van der Waals surface area contributed by atoms with Crippen LogP contribution in [0.3, 0.4) is 0 Å². The Labute approximate surface area is 419 Å². The van der Waals surface area contributed by atoms with Crippen LogP contribution in [-0.4, -0.2) is 68.0 Å². The number of hydrogen-bond donors (Lipinski definition) is 2. The first-order valence-corrected chi connectivity index (χ1v) is 23.4. The second-order valence-corrected chi connectivity index (χ2v) is 18.0. The highest BCUT2D eigenvalue weighted by atomic mass is 19.4. The fourth-order valence-electron chi connectivity index (χ4n) is 10.2. The maximum Gasteiger partial charge on any atom is 0.417 e. The number of carbonyl (C=O) groups excluding carboxylic acids is 2. The highest BCUT2D eigenvalue weighted by Gasteiger charge is 2.38. The predicted molar refractivity (Wildman–Crippen MR) is 254 cm³/mol. The third kappa shape index (κ3) is 10.1. The van der Waals surface area contributed by atoms with E-state index in [1.54, 1.807) is 13.2 Å². The Balaban J connectivity index is 0.000000144. The monoisotopic (exact) mass is 1020 g/mol. The molecule has 0 aromatic heterocycles. The Morgan fingerprint density at radius 1 is 0.662 bits per heavy atom.